The quantitative estimate of drug-likeness (QED) is 0.578. The molecular formula is C21H23N5O4S. The topological polar surface area (TPSA) is 111 Å². The number of fused-ring (bicyclic) bond motifs is 2. The highest BCUT2D eigenvalue weighted by molar-refractivity contribution is 7.98. The van der Waals surface area contributed by atoms with Crippen LogP contribution in [0.5, 0.6) is 0 Å². The summed E-state index contributed by atoms with van der Waals surface area (Å²) in [4.78, 5) is 25.3. The molecule has 2 amide bonds. The standard InChI is InChI=1S/C21H23N5O4S/c27-19(8-16-14-5-1-2-6-18(14)30-25-16)23-21-15-11-31-12-17(15)24-26(21)10-20(28)22-9-13-4-3-7-29-13/h1-2,5-6,13H,3-4,7-12H2,(H,22,28)(H,23,27)/t13-/m0/s1. The van der Waals surface area contributed by atoms with Crippen LogP contribution in [-0.2, 0) is 38.8 Å². The number of anilines is 1. The number of hydrogen-bond donors (Lipinski definition) is 2. The third kappa shape index (κ3) is 4.31. The normalized spacial score (nSPS) is 17.7. The Morgan fingerprint density at radius 2 is 2.13 bits per heavy atom. The Kier molecular flexibility index (Phi) is 5.65. The van der Waals surface area contributed by atoms with Crippen molar-refractivity contribution in [1.82, 2.24) is 20.3 Å². The van der Waals surface area contributed by atoms with Crippen LogP contribution in [0, 0.1) is 0 Å². The first kappa shape index (κ1) is 20.1. The third-order valence-corrected chi connectivity index (χ3v) is 6.47. The zero-order valence-corrected chi connectivity index (χ0v) is 17.7. The second kappa shape index (κ2) is 8.72. The molecule has 0 bridgehead atoms. The number of para-hydroxylation sites is 1. The lowest BCUT2D eigenvalue weighted by Gasteiger charge is -2.13. The molecule has 9 nitrogen and oxygen atoms in total. The van der Waals surface area contributed by atoms with E-state index in [1.54, 1.807) is 16.4 Å². The molecule has 3 aromatic rings. The predicted molar refractivity (Wildman–Crippen MR) is 116 cm³/mol. The monoisotopic (exact) mass is 441 g/mol. The maximum Gasteiger partial charge on any atom is 0.241 e. The van der Waals surface area contributed by atoms with Crippen molar-refractivity contribution < 1.29 is 18.8 Å². The van der Waals surface area contributed by atoms with Gasteiger partial charge in [-0.15, -0.1) is 0 Å². The Hall–Kier alpha value is -2.85. The summed E-state index contributed by atoms with van der Waals surface area (Å²) in [5, 5.41) is 15.3. The smallest absolute Gasteiger partial charge is 0.241 e. The van der Waals surface area contributed by atoms with Crippen molar-refractivity contribution in [3.8, 4) is 0 Å². The predicted octanol–water partition coefficient (Wildman–Crippen LogP) is 2.25. The molecule has 0 spiro atoms. The number of aromatic nitrogens is 3. The zero-order valence-electron chi connectivity index (χ0n) is 16.9. The number of nitrogens with zero attached hydrogens (tertiary/aromatic N) is 3. The van der Waals surface area contributed by atoms with Gasteiger partial charge >= 0.3 is 0 Å². The number of thioether (sulfide) groups is 1. The Labute approximate surface area is 182 Å². The summed E-state index contributed by atoms with van der Waals surface area (Å²) in [5.41, 5.74) is 3.13. The number of carbonyl (C=O) groups excluding carboxylic acids is 2. The van der Waals surface area contributed by atoms with E-state index in [4.69, 9.17) is 9.26 Å². The summed E-state index contributed by atoms with van der Waals surface area (Å²) in [6.07, 6.45) is 2.15. The summed E-state index contributed by atoms with van der Waals surface area (Å²) in [6, 6.07) is 7.44. The Balaban J connectivity index is 1.28. The molecule has 1 saturated heterocycles. The molecule has 162 valence electrons. The second-order valence-corrected chi connectivity index (χ2v) is 8.70. The highest BCUT2D eigenvalue weighted by Crippen LogP contribution is 2.34. The van der Waals surface area contributed by atoms with Gasteiger partial charge in [-0.1, -0.05) is 17.3 Å². The van der Waals surface area contributed by atoms with Gasteiger partial charge in [0.1, 0.15) is 18.1 Å². The molecule has 5 rings (SSSR count). The van der Waals surface area contributed by atoms with Crippen LogP contribution in [0.4, 0.5) is 5.82 Å². The molecule has 0 aliphatic carbocycles. The van der Waals surface area contributed by atoms with E-state index in [1.165, 1.54) is 0 Å². The van der Waals surface area contributed by atoms with Gasteiger partial charge < -0.3 is 19.9 Å². The minimum Gasteiger partial charge on any atom is -0.376 e. The van der Waals surface area contributed by atoms with Gasteiger partial charge in [0.25, 0.3) is 0 Å². The first-order chi connectivity index (χ1) is 15.2. The van der Waals surface area contributed by atoms with E-state index >= 15 is 0 Å². The molecule has 2 aliphatic rings. The van der Waals surface area contributed by atoms with Gasteiger partial charge in [0.2, 0.25) is 11.8 Å². The van der Waals surface area contributed by atoms with Crippen LogP contribution in [0.3, 0.4) is 0 Å². The maximum absolute atomic E-state index is 12.8. The van der Waals surface area contributed by atoms with Crippen LogP contribution in [-0.4, -0.2) is 46.0 Å². The molecule has 4 heterocycles. The van der Waals surface area contributed by atoms with Crippen LogP contribution in [0.15, 0.2) is 28.8 Å². The van der Waals surface area contributed by atoms with E-state index in [1.807, 2.05) is 24.3 Å². The van der Waals surface area contributed by atoms with Crippen molar-refractivity contribution in [3.05, 3.63) is 41.2 Å². The van der Waals surface area contributed by atoms with E-state index in [0.29, 0.717) is 23.6 Å². The minimum atomic E-state index is -0.223. The average molecular weight is 442 g/mol. The first-order valence-corrected chi connectivity index (χ1v) is 11.5. The van der Waals surface area contributed by atoms with Gasteiger partial charge in [-0.3, -0.25) is 9.59 Å². The fourth-order valence-corrected chi connectivity index (χ4v) is 4.97. The lowest BCUT2D eigenvalue weighted by atomic mass is 10.1. The number of ether oxygens (including phenoxy) is 1. The first-order valence-electron chi connectivity index (χ1n) is 10.3. The molecule has 2 aromatic heterocycles. The number of rotatable bonds is 7. The molecule has 1 aromatic carbocycles. The van der Waals surface area contributed by atoms with Crippen molar-refractivity contribution in [3.63, 3.8) is 0 Å². The van der Waals surface area contributed by atoms with Crippen molar-refractivity contribution >= 4 is 40.4 Å². The van der Waals surface area contributed by atoms with Crippen molar-refractivity contribution in [1.29, 1.82) is 0 Å². The van der Waals surface area contributed by atoms with E-state index < -0.39 is 0 Å². The summed E-state index contributed by atoms with van der Waals surface area (Å²) >= 11 is 1.74. The van der Waals surface area contributed by atoms with Gasteiger partial charge in [0.05, 0.1) is 18.2 Å². The molecule has 0 saturated carbocycles. The molecule has 0 radical (unpaired) electrons. The van der Waals surface area contributed by atoms with E-state index in [-0.39, 0.29) is 30.9 Å². The molecule has 31 heavy (non-hydrogen) atoms. The molecule has 1 atom stereocenters. The molecule has 10 heteroatoms. The fourth-order valence-electron chi connectivity index (χ4n) is 3.94. The summed E-state index contributed by atoms with van der Waals surface area (Å²) in [5.74, 6) is 1.75. The lowest BCUT2D eigenvalue weighted by Crippen LogP contribution is -2.34. The molecular weight excluding hydrogens is 418 g/mol. The van der Waals surface area contributed by atoms with Gasteiger partial charge in [-0.2, -0.15) is 16.9 Å². The Morgan fingerprint density at radius 1 is 1.23 bits per heavy atom. The van der Waals surface area contributed by atoms with Crippen LogP contribution in [0.1, 0.15) is 29.8 Å². The molecule has 1 fully saturated rings. The number of hydrogen-bond acceptors (Lipinski definition) is 7. The van der Waals surface area contributed by atoms with E-state index in [9.17, 15) is 9.59 Å². The van der Waals surface area contributed by atoms with Crippen LogP contribution < -0.4 is 10.6 Å². The highest BCUT2D eigenvalue weighted by Gasteiger charge is 2.26. The van der Waals surface area contributed by atoms with Crippen molar-refractivity contribution in [2.75, 3.05) is 18.5 Å². The van der Waals surface area contributed by atoms with Gasteiger partial charge in [0.15, 0.2) is 5.58 Å². The largest absolute Gasteiger partial charge is 0.376 e. The highest BCUT2D eigenvalue weighted by atomic mass is 32.2. The van der Waals surface area contributed by atoms with E-state index in [2.05, 4.69) is 20.9 Å². The number of amides is 2. The van der Waals surface area contributed by atoms with E-state index in [0.717, 1.165) is 47.6 Å². The summed E-state index contributed by atoms with van der Waals surface area (Å²) in [7, 11) is 0. The lowest BCUT2D eigenvalue weighted by molar-refractivity contribution is -0.122. The second-order valence-electron chi connectivity index (χ2n) is 7.71. The van der Waals surface area contributed by atoms with Crippen molar-refractivity contribution in [2.24, 2.45) is 0 Å². The van der Waals surface area contributed by atoms with Gasteiger partial charge in [0, 0.05) is 35.6 Å². The average Bonchev–Trinajstić information content (AvgIpc) is 3.54. The number of nitrogens with one attached hydrogen (secondary N) is 2. The van der Waals surface area contributed by atoms with Crippen LogP contribution in [0.2, 0.25) is 0 Å². The number of carbonyl (C=O) groups is 2. The Morgan fingerprint density at radius 3 is 3.00 bits per heavy atom. The van der Waals surface area contributed by atoms with Gasteiger partial charge in [-0.05, 0) is 25.0 Å². The van der Waals surface area contributed by atoms with Crippen LogP contribution in [0.25, 0.3) is 11.0 Å². The van der Waals surface area contributed by atoms with Crippen LogP contribution >= 0.6 is 11.8 Å². The van der Waals surface area contributed by atoms with Crippen molar-refractivity contribution in [2.45, 2.75) is 43.4 Å². The SMILES string of the molecule is O=C(Cn1nc2c(c1NC(=O)Cc1noc3ccccc13)CSC2)NC[C@@H]1CCCO1. The minimum absolute atomic E-state index is 0.0485. The fraction of sp³-hybridized carbons (Fsp3) is 0.429. The number of benzene rings is 1. The molecule has 0 unspecified atom stereocenters. The van der Waals surface area contributed by atoms with Gasteiger partial charge in [-0.25, -0.2) is 4.68 Å². The third-order valence-electron chi connectivity index (χ3n) is 5.50. The molecule has 2 N–H and O–H groups in total. The summed E-state index contributed by atoms with van der Waals surface area (Å²) in [6.45, 7) is 1.30. The zero-order chi connectivity index (χ0) is 21.2. The molecule has 2 aliphatic heterocycles. The summed E-state index contributed by atoms with van der Waals surface area (Å²) < 4.78 is 12.4. The Bertz CT molecular complexity index is 1120. The maximum atomic E-state index is 12.8.